The fourth-order valence-corrected chi connectivity index (χ4v) is 3.50. The average Bonchev–Trinajstić information content (AvgIpc) is 2.11. The predicted molar refractivity (Wildman–Crippen MR) is 73.9 cm³/mol. The predicted octanol–water partition coefficient (Wildman–Crippen LogP) is 2.42. The number of nitrogens with one attached hydrogen (secondary N) is 1. The van der Waals surface area contributed by atoms with Crippen LogP contribution < -0.4 is 3.53 Å². The molecule has 1 N–H and O–H groups in total. The molecule has 0 aromatic carbocycles. The number of methoxy groups -OCH3 is 1. The molecule has 0 radical (unpaired) electrons. The van der Waals surface area contributed by atoms with Crippen molar-refractivity contribution >= 4 is 34.7 Å². The quantitative estimate of drug-likeness (QED) is 0.300. The number of hydrogen-bond donors (Lipinski definition) is 1. The molecule has 0 saturated heterocycles. The summed E-state index contributed by atoms with van der Waals surface area (Å²) >= 11 is 1.49. The van der Waals surface area contributed by atoms with E-state index >= 15 is 0 Å². The van der Waals surface area contributed by atoms with Gasteiger partial charge in [0.15, 0.2) is 0 Å². The average molecular weight is 415 g/mol. The molecule has 0 bridgehead atoms. The molecule has 5 heteroatoms. The monoisotopic (exact) mass is 415 g/mol. The summed E-state index contributed by atoms with van der Waals surface area (Å²) in [6.07, 6.45) is 0. The Hall–Kier alpha value is 1.34. The standard InChI is InChI=1S/C8H19I2NO2/c1-8(2,10(9)11-3)7-13-6-5-12-4/h11H,5-7H2,1-4H3. The molecule has 0 atom stereocenters. The zero-order valence-corrected chi connectivity index (χ0v) is 13.0. The Morgan fingerprint density at radius 1 is 1.38 bits per heavy atom. The van der Waals surface area contributed by atoms with E-state index in [0.717, 1.165) is 6.61 Å². The third-order valence-electron chi connectivity index (χ3n) is 1.49. The van der Waals surface area contributed by atoms with Crippen LogP contribution in [0.2, 0.25) is 0 Å². The number of hydrogen-bond acceptors (Lipinski definition) is 3. The number of alkyl halides is 1. The molecule has 0 aromatic heterocycles. The zero-order valence-electron chi connectivity index (χ0n) is 8.69. The van der Waals surface area contributed by atoms with Crippen LogP contribution in [0.4, 0.5) is 0 Å². The molecule has 0 aliphatic rings. The molecule has 82 valence electrons. The van der Waals surface area contributed by atoms with Crippen molar-refractivity contribution in [2.75, 3.05) is 34.0 Å². The Kier molecular flexibility index (Phi) is 8.39. The molecule has 13 heavy (non-hydrogen) atoms. The van der Waals surface area contributed by atoms with Gasteiger partial charge in [0, 0.05) is 0 Å². The van der Waals surface area contributed by atoms with Gasteiger partial charge in [-0.1, -0.05) is 0 Å². The van der Waals surface area contributed by atoms with Crippen LogP contribution in [0.5, 0.6) is 0 Å². The normalized spacial score (nSPS) is 13.2. The summed E-state index contributed by atoms with van der Waals surface area (Å²) in [4.78, 5) is 0. The van der Waals surface area contributed by atoms with Crippen LogP contribution in [0.15, 0.2) is 0 Å². The fraction of sp³-hybridized carbons (Fsp3) is 1.00. The first-order valence-electron chi connectivity index (χ1n) is 4.15. The van der Waals surface area contributed by atoms with Crippen molar-refractivity contribution in [3.63, 3.8) is 0 Å². The van der Waals surface area contributed by atoms with Crippen molar-refractivity contribution < 1.29 is 9.47 Å². The van der Waals surface area contributed by atoms with Gasteiger partial charge in [-0.05, 0) is 0 Å². The molecule has 0 fully saturated rings. The number of ether oxygens (including phenoxy) is 2. The summed E-state index contributed by atoms with van der Waals surface area (Å²) in [5.74, 6) is 0. The van der Waals surface area contributed by atoms with E-state index in [2.05, 4.69) is 36.0 Å². The summed E-state index contributed by atoms with van der Waals surface area (Å²) in [6, 6.07) is 0. The van der Waals surface area contributed by atoms with Crippen LogP contribution in [-0.4, -0.2) is 37.4 Å². The molecule has 0 aromatic rings. The molecular formula is C8H19I2NO2. The van der Waals surface area contributed by atoms with E-state index in [0.29, 0.717) is 16.6 Å². The Morgan fingerprint density at radius 2 is 2.00 bits per heavy atom. The van der Waals surface area contributed by atoms with E-state index in [4.69, 9.17) is 9.47 Å². The zero-order chi connectivity index (χ0) is 10.3. The first-order valence-corrected chi connectivity index (χ1v) is 12.6. The second-order valence-electron chi connectivity index (χ2n) is 3.19. The summed E-state index contributed by atoms with van der Waals surface area (Å²) in [5, 5.41) is 0. The van der Waals surface area contributed by atoms with Gasteiger partial charge in [-0.2, -0.15) is 0 Å². The van der Waals surface area contributed by atoms with Gasteiger partial charge >= 0.3 is 99.0 Å². The Bertz CT molecular complexity index is 133. The second kappa shape index (κ2) is 7.61. The molecular weight excluding hydrogens is 396 g/mol. The second-order valence-corrected chi connectivity index (χ2v) is 14.0. The number of halogens is 2. The van der Waals surface area contributed by atoms with Gasteiger partial charge < -0.3 is 0 Å². The molecule has 0 aliphatic heterocycles. The van der Waals surface area contributed by atoms with Crippen LogP contribution in [0.1, 0.15) is 13.8 Å². The van der Waals surface area contributed by atoms with Crippen LogP contribution in [0.25, 0.3) is 0 Å². The van der Waals surface area contributed by atoms with Crippen molar-refractivity contribution in [3.8, 4) is 0 Å². The van der Waals surface area contributed by atoms with Gasteiger partial charge in [-0.3, -0.25) is 0 Å². The van der Waals surface area contributed by atoms with Crippen LogP contribution >= 0.6 is 34.7 Å². The molecule has 0 heterocycles. The molecule has 3 nitrogen and oxygen atoms in total. The summed E-state index contributed by atoms with van der Waals surface area (Å²) < 4.78 is 14.1. The van der Waals surface area contributed by atoms with Gasteiger partial charge in [0.25, 0.3) is 0 Å². The maximum absolute atomic E-state index is 5.53. The molecule has 0 unspecified atom stereocenters. The number of rotatable bonds is 7. The van der Waals surface area contributed by atoms with E-state index in [1.165, 1.54) is 0 Å². The third kappa shape index (κ3) is 6.43. The minimum absolute atomic E-state index is 0.312. The molecule has 0 aliphatic carbocycles. The molecule has 0 saturated carbocycles. The summed E-state index contributed by atoms with van der Waals surface area (Å²) in [6.45, 7) is 6.72. The van der Waals surface area contributed by atoms with Crippen molar-refractivity contribution in [1.82, 2.24) is 3.53 Å². The maximum atomic E-state index is 5.53. The van der Waals surface area contributed by atoms with Gasteiger partial charge in [-0.15, -0.1) is 0 Å². The Labute approximate surface area is 98.2 Å². The topological polar surface area (TPSA) is 30.5 Å². The van der Waals surface area contributed by atoms with Gasteiger partial charge in [0.1, 0.15) is 0 Å². The van der Waals surface area contributed by atoms with E-state index in [9.17, 15) is 0 Å². The third-order valence-corrected chi connectivity index (χ3v) is 15.5. The summed E-state index contributed by atoms with van der Waals surface area (Å²) in [5.41, 5.74) is 0. The molecule has 0 amide bonds. The van der Waals surface area contributed by atoms with Crippen LogP contribution in [0, 0.1) is 0 Å². The van der Waals surface area contributed by atoms with Crippen LogP contribution in [0.3, 0.4) is 0 Å². The van der Waals surface area contributed by atoms with Crippen LogP contribution in [-0.2, 0) is 9.47 Å². The van der Waals surface area contributed by atoms with Crippen molar-refractivity contribution in [1.29, 1.82) is 0 Å². The van der Waals surface area contributed by atoms with E-state index in [-0.39, 0.29) is 0 Å². The summed E-state index contributed by atoms with van der Waals surface area (Å²) in [7, 11) is 3.73. The Balaban J connectivity index is 3.62. The fourth-order valence-electron chi connectivity index (χ4n) is 0.761. The van der Waals surface area contributed by atoms with Gasteiger partial charge in [0.05, 0.1) is 0 Å². The van der Waals surface area contributed by atoms with Gasteiger partial charge in [-0.25, -0.2) is 0 Å². The SMILES string of the molecule is CNI(I)C(C)(C)COCCOC. The van der Waals surface area contributed by atoms with Crippen molar-refractivity contribution in [2.24, 2.45) is 0 Å². The van der Waals surface area contributed by atoms with Crippen molar-refractivity contribution in [3.05, 3.63) is 0 Å². The first-order chi connectivity index (χ1) is 6.04. The van der Waals surface area contributed by atoms with Gasteiger partial charge in [0.2, 0.25) is 0 Å². The van der Waals surface area contributed by atoms with Crippen molar-refractivity contribution in [2.45, 2.75) is 17.3 Å². The first kappa shape index (κ1) is 14.3. The van der Waals surface area contributed by atoms with E-state index in [1.54, 1.807) is 7.11 Å². The Morgan fingerprint density at radius 3 is 2.46 bits per heavy atom. The molecule has 0 rings (SSSR count). The molecule has 0 spiro atoms. The van der Waals surface area contributed by atoms with E-state index in [1.807, 2.05) is 7.05 Å². The minimum atomic E-state index is -1.06. The van der Waals surface area contributed by atoms with E-state index < -0.39 is 16.1 Å².